The normalized spacial score (nSPS) is 14.9. The van der Waals surface area contributed by atoms with Crippen molar-refractivity contribution < 1.29 is 17.9 Å². The highest BCUT2D eigenvalue weighted by Crippen LogP contribution is 2.32. The second-order valence-electron chi connectivity index (χ2n) is 7.58. The summed E-state index contributed by atoms with van der Waals surface area (Å²) in [6.45, 7) is 3.13. The highest BCUT2D eigenvalue weighted by atomic mass is 35.5. The lowest BCUT2D eigenvalue weighted by Gasteiger charge is -2.32. The molecule has 33 heavy (non-hydrogen) atoms. The average Bonchev–Trinajstić information content (AvgIpc) is 2.80. The minimum atomic E-state index is -4.10. The Bertz CT molecular complexity index is 1290. The predicted octanol–water partition coefficient (Wildman–Crippen LogP) is 4.52. The number of hydrogen-bond acceptors (Lipinski definition) is 7. The van der Waals surface area contributed by atoms with Gasteiger partial charge in [-0.25, -0.2) is 18.4 Å². The number of nitrogens with zero attached hydrogens (tertiary/aromatic N) is 3. The largest absolute Gasteiger partial charge is 0.466 e. The van der Waals surface area contributed by atoms with Gasteiger partial charge in [-0.15, -0.1) is 0 Å². The molecule has 1 saturated heterocycles. The van der Waals surface area contributed by atoms with E-state index in [2.05, 4.69) is 14.7 Å². The molecule has 0 atom stereocenters. The van der Waals surface area contributed by atoms with E-state index in [0.717, 1.165) is 0 Å². The predicted molar refractivity (Wildman–Crippen MR) is 128 cm³/mol. The lowest BCUT2D eigenvalue weighted by atomic mass is 9.97. The highest BCUT2D eigenvalue weighted by molar-refractivity contribution is 7.92. The number of piperidine rings is 1. The van der Waals surface area contributed by atoms with Gasteiger partial charge < -0.3 is 9.64 Å². The van der Waals surface area contributed by atoms with Crippen LogP contribution in [0.15, 0.2) is 47.4 Å². The van der Waals surface area contributed by atoms with Crippen molar-refractivity contribution in [3.05, 3.63) is 52.5 Å². The number of hydrogen-bond donors (Lipinski definition) is 1. The Balaban J connectivity index is 1.69. The summed E-state index contributed by atoms with van der Waals surface area (Å²) in [5.41, 5.74) is 1.17. The summed E-state index contributed by atoms with van der Waals surface area (Å²) in [5.74, 6) is 0.0651. The molecule has 0 amide bonds. The number of ether oxygens (including phenoxy) is 1. The monoisotopic (exact) mass is 508 g/mol. The zero-order valence-corrected chi connectivity index (χ0v) is 20.1. The molecule has 174 valence electrons. The summed E-state index contributed by atoms with van der Waals surface area (Å²) in [5, 5.41) is 0.281. The highest BCUT2D eigenvalue weighted by Gasteiger charge is 2.30. The number of nitrogens with one attached hydrogen (secondary N) is 1. The van der Waals surface area contributed by atoms with Crippen molar-refractivity contribution in [2.75, 3.05) is 29.3 Å². The number of aromatic nitrogens is 2. The summed E-state index contributed by atoms with van der Waals surface area (Å²) in [4.78, 5) is 23.1. The molecule has 2 heterocycles. The second kappa shape index (κ2) is 9.70. The minimum Gasteiger partial charge on any atom is -0.466 e. The van der Waals surface area contributed by atoms with E-state index in [1.54, 1.807) is 19.1 Å². The fourth-order valence-electron chi connectivity index (χ4n) is 3.73. The van der Waals surface area contributed by atoms with Crippen molar-refractivity contribution >= 4 is 61.9 Å². The zero-order chi connectivity index (χ0) is 23.6. The third-order valence-electron chi connectivity index (χ3n) is 5.38. The van der Waals surface area contributed by atoms with Crippen LogP contribution >= 0.6 is 23.2 Å². The van der Waals surface area contributed by atoms with Crippen molar-refractivity contribution in [2.45, 2.75) is 24.7 Å². The van der Waals surface area contributed by atoms with Gasteiger partial charge in [-0.3, -0.25) is 9.52 Å². The third-order valence-corrected chi connectivity index (χ3v) is 7.44. The van der Waals surface area contributed by atoms with Crippen molar-refractivity contribution in [2.24, 2.45) is 5.92 Å². The molecule has 3 aromatic rings. The van der Waals surface area contributed by atoms with Gasteiger partial charge in [0.05, 0.1) is 28.6 Å². The van der Waals surface area contributed by atoms with Crippen LogP contribution < -0.4 is 9.62 Å². The Morgan fingerprint density at radius 3 is 2.45 bits per heavy atom. The molecule has 1 N–H and O–H groups in total. The van der Waals surface area contributed by atoms with Crippen molar-refractivity contribution in [1.82, 2.24) is 9.97 Å². The molecule has 1 aromatic heterocycles. The van der Waals surface area contributed by atoms with Crippen LogP contribution in [0.25, 0.3) is 11.0 Å². The molecule has 4 rings (SSSR count). The summed E-state index contributed by atoms with van der Waals surface area (Å²) < 4.78 is 34.0. The summed E-state index contributed by atoms with van der Waals surface area (Å²) in [6.07, 6.45) is 1.14. The molecule has 1 aliphatic rings. The number of carbonyl (C=O) groups excluding carboxylic acids is 1. The summed E-state index contributed by atoms with van der Waals surface area (Å²) >= 11 is 12.1. The van der Waals surface area contributed by atoms with Crippen LogP contribution in [0.5, 0.6) is 0 Å². The first kappa shape index (κ1) is 23.5. The smallest absolute Gasteiger partial charge is 0.309 e. The van der Waals surface area contributed by atoms with E-state index < -0.39 is 10.0 Å². The number of halogens is 2. The Labute approximate surface area is 201 Å². The van der Waals surface area contributed by atoms with Crippen molar-refractivity contribution in [1.29, 1.82) is 0 Å². The first-order chi connectivity index (χ1) is 15.8. The quantitative estimate of drug-likeness (QED) is 0.488. The van der Waals surface area contributed by atoms with Gasteiger partial charge in [0.25, 0.3) is 10.0 Å². The number of carbonyl (C=O) groups is 1. The maximum absolute atomic E-state index is 13.2. The van der Waals surface area contributed by atoms with Crippen LogP contribution in [0.4, 0.5) is 11.6 Å². The van der Waals surface area contributed by atoms with Crippen molar-refractivity contribution in [3.8, 4) is 0 Å². The van der Waals surface area contributed by atoms with Crippen LogP contribution in [0.2, 0.25) is 10.0 Å². The van der Waals surface area contributed by atoms with Crippen LogP contribution in [-0.4, -0.2) is 44.1 Å². The number of sulfonamides is 1. The molecule has 1 fully saturated rings. The van der Waals surface area contributed by atoms with Gasteiger partial charge >= 0.3 is 5.97 Å². The SMILES string of the molecule is CCOC(=O)C1CCN(c2nc3ccccc3nc2NS(=O)(=O)c2cc(Cl)ccc2Cl)CC1. The van der Waals surface area contributed by atoms with E-state index in [0.29, 0.717) is 49.4 Å². The molecule has 0 spiro atoms. The molecule has 2 aromatic carbocycles. The number of para-hydroxylation sites is 2. The van der Waals surface area contributed by atoms with E-state index in [1.165, 1.54) is 18.2 Å². The third kappa shape index (κ3) is 5.15. The molecule has 0 bridgehead atoms. The molecular formula is C22H22Cl2N4O4S. The molecule has 0 unspecified atom stereocenters. The van der Waals surface area contributed by atoms with Gasteiger partial charge in [0.2, 0.25) is 0 Å². The number of anilines is 2. The molecule has 0 radical (unpaired) electrons. The van der Waals surface area contributed by atoms with E-state index >= 15 is 0 Å². The first-order valence-corrected chi connectivity index (χ1v) is 12.7. The number of benzene rings is 2. The molecule has 8 nitrogen and oxygen atoms in total. The van der Waals surface area contributed by atoms with E-state index in [4.69, 9.17) is 27.9 Å². The number of esters is 1. The fourth-order valence-corrected chi connectivity index (χ4v) is 5.50. The Hall–Kier alpha value is -2.62. The summed E-state index contributed by atoms with van der Waals surface area (Å²) in [6, 6.07) is 11.4. The summed E-state index contributed by atoms with van der Waals surface area (Å²) in [7, 11) is -4.10. The van der Waals surface area contributed by atoms with Gasteiger partial charge in [-0.05, 0) is 50.1 Å². The maximum atomic E-state index is 13.2. The van der Waals surface area contributed by atoms with E-state index in [9.17, 15) is 13.2 Å². The van der Waals surface area contributed by atoms with E-state index in [1.807, 2.05) is 17.0 Å². The van der Waals surface area contributed by atoms with Crippen LogP contribution in [-0.2, 0) is 19.6 Å². The Morgan fingerprint density at radius 2 is 1.79 bits per heavy atom. The minimum absolute atomic E-state index is 0.0393. The second-order valence-corrected chi connectivity index (χ2v) is 10.1. The molecule has 1 aliphatic heterocycles. The molecule has 11 heteroatoms. The Kier molecular flexibility index (Phi) is 6.92. The standard InChI is InChI=1S/C22H22Cl2N4O4S/c1-2-32-22(29)14-9-11-28(12-10-14)21-20(25-17-5-3-4-6-18(17)26-21)27-33(30,31)19-13-15(23)7-8-16(19)24/h3-8,13-14H,2,9-12H2,1H3,(H,25,27). The molecular weight excluding hydrogens is 487 g/mol. The lowest BCUT2D eigenvalue weighted by Crippen LogP contribution is -2.38. The number of rotatable bonds is 6. The van der Waals surface area contributed by atoms with Crippen LogP contribution in [0.1, 0.15) is 19.8 Å². The molecule has 0 saturated carbocycles. The van der Waals surface area contributed by atoms with Crippen LogP contribution in [0, 0.1) is 5.92 Å². The van der Waals surface area contributed by atoms with Crippen LogP contribution in [0.3, 0.4) is 0 Å². The fraction of sp³-hybridized carbons (Fsp3) is 0.318. The first-order valence-electron chi connectivity index (χ1n) is 10.4. The zero-order valence-electron chi connectivity index (χ0n) is 17.8. The average molecular weight is 509 g/mol. The van der Waals surface area contributed by atoms with Gasteiger partial charge in [-0.1, -0.05) is 35.3 Å². The van der Waals surface area contributed by atoms with Gasteiger partial charge in [-0.2, -0.15) is 0 Å². The van der Waals surface area contributed by atoms with E-state index in [-0.39, 0.29) is 32.6 Å². The molecule has 0 aliphatic carbocycles. The Morgan fingerprint density at radius 1 is 1.12 bits per heavy atom. The van der Waals surface area contributed by atoms with Gasteiger partial charge in [0.1, 0.15) is 4.90 Å². The topological polar surface area (TPSA) is 101 Å². The van der Waals surface area contributed by atoms with Crippen molar-refractivity contribution in [3.63, 3.8) is 0 Å². The number of fused-ring (bicyclic) bond motifs is 1. The maximum Gasteiger partial charge on any atom is 0.309 e. The lowest BCUT2D eigenvalue weighted by molar-refractivity contribution is -0.148. The van der Waals surface area contributed by atoms with Gasteiger partial charge in [0.15, 0.2) is 11.6 Å². The van der Waals surface area contributed by atoms with Gasteiger partial charge in [0, 0.05) is 18.1 Å².